The molecule has 5 rings (SSSR count). The minimum absolute atomic E-state index is 0.220. The van der Waals surface area contributed by atoms with Crippen LogP contribution in [0.15, 0.2) is 82.7 Å². The van der Waals surface area contributed by atoms with Crippen molar-refractivity contribution in [2.45, 2.75) is 24.7 Å². The highest BCUT2D eigenvalue weighted by Gasteiger charge is 2.26. The summed E-state index contributed by atoms with van der Waals surface area (Å²) in [6.45, 7) is 4.08. The lowest BCUT2D eigenvalue weighted by Gasteiger charge is -2.33. The molecule has 0 atom stereocenters. The maximum atomic E-state index is 12.9. The summed E-state index contributed by atoms with van der Waals surface area (Å²) >= 11 is 0. The van der Waals surface area contributed by atoms with Crippen molar-refractivity contribution in [2.75, 3.05) is 17.8 Å². The second-order valence-corrected chi connectivity index (χ2v) is 9.99. The van der Waals surface area contributed by atoms with Gasteiger partial charge in [0.1, 0.15) is 17.3 Å². The van der Waals surface area contributed by atoms with E-state index >= 15 is 0 Å². The molecule has 0 radical (unpaired) electrons. The van der Waals surface area contributed by atoms with Gasteiger partial charge < -0.3 is 9.64 Å². The van der Waals surface area contributed by atoms with Crippen molar-refractivity contribution in [1.29, 1.82) is 0 Å². The minimum Gasteiger partial charge on any atom is -0.454 e. The maximum Gasteiger partial charge on any atom is 0.261 e. The van der Waals surface area contributed by atoms with Gasteiger partial charge in [-0.2, -0.15) is 0 Å². The molecule has 3 aromatic carbocycles. The van der Waals surface area contributed by atoms with Crippen molar-refractivity contribution in [3.05, 3.63) is 78.4 Å². The van der Waals surface area contributed by atoms with Gasteiger partial charge in [0.15, 0.2) is 5.75 Å². The number of amidine groups is 1. The van der Waals surface area contributed by atoms with Crippen molar-refractivity contribution in [2.24, 2.45) is 10.9 Å². The molecule has 1 saturated heterocycles. The first-order valence-corrected chi connectivity index (χ1v) is 12.3. The Bertz CT molecular complexity index is 1260. The zero-order valence-corrected chi connectivity index (χ0v) is 18.7. The summed E-state index contributed by atoms with van der Waals surface area (Å²) in [5, 5.41) is 0. The van der Waals surface area contributed by atoms with Crippen LogP contribution in [-0.4, -0.2) is 32.2 Å². The number of piperidine rings is 1. The highest BCUT2D eigenvalue weighted by Crippen LogP contribution is 2.39. The van der Waals surface area contributed by atoms with E-state index in [4.69, 9.17) is 9.73 Å². The molecule has 164 valence electrons. The van der Waals surface area contributed by atoms with Gasteiger partial charge in [0.2, 0.25) is 0 Å². The zero-order chi connectivity index (χ0) is 22.1. The van der Waals surface area contributed by atoms with Crippen molar-refractivity contribution in [1.82, 2.24) is 4.90 Å². The first-order valence-electron chi connectivity index (χ1n) is 10.8. The van der Waals surface area contributed by atoms with Gasteiger partial charge in [-0.15, -0.1) is 0 Å². The molecule has 3 aromatic rings. The second kappa shape index (κ2) is 8.31. The number of para-hydroxylation sites is 2. The van der Waals surface area contributed by atoms with Crippen LogP contribution in [0, 0.1) is 5.92 Å². The van der Waals surface area contributed by atoms with E-state index in [1.165, 1.54) is 0 Å². The molecule has 2 heterocycles. The first kappa shape index (κ1) is 20.6. The number of likely N-dealkylation sites (tertiary alicyclic amines) is 1. The smallest absolute Gasteiger partial charge is 0.261 e. The number of anilines is 1. The van der Waals surface area contributed by atoms with Crippen molar-refractivity contribution < 1.29 is 13.2 Å². The SMILES string of the molecule is CC1CCN(C2=Nc3ccccc3Oc3ccc(NS(=O)(=O)c4ccccc4)cc32)CC1. The molecule has 1 fully saturated rings. The molecule has 6 nitrogen and oxygen atoms in total. The van der Waals surface area contributed by atoms with Gasteiger partial charge in [0, 0.05) is 18.8 Å². The first-order chi connectivity index (χ1) is 15.5. The van der Waals surface area contributed by atoms with Crippen LogP contribution in [0.5, 0.6) is 11.5 Å². The quantitative estimate of drug-likeness (QED) is 0.583. The predicted molar refractivity (Wildman–Crippen MR) is 126 cm³/mol. The summed E-state index contributed by atoms with van der Waals surface area (Å²) in [6.07, 6.45) is 2.19. The summed E-state index contributed by atoms with van der Waals surface area (Å²) in [5.41, 5.74) is 2.02. The normalized spacial score (nSPS) is 16.3. The molecular weight excluding hydrogens is 422 g/mol. The molecule has 32 heavy (non-hydrogen) atoms. The summed E-state index contributed by atoms with van der Waals surface area (Å²) in [6, 6.07) is 21.4. The fourth-order valence-electron chi connectivity index (χ4n) is 4.06. The second-order valence-electron chi connectivity index (χ2n) is 8.30. The Morgan fingerprint density at radius 1 is 0.938 bits per heavy atom. The van der Waals surface area contributed by atoms with E-state index in [2.05, 4.69) is 16.5 Å². The molecule has 2 aliphatic heterocycles. The van der Waals surface area contributed by atoms with E-state index < -0.39 is 10.0 Å². The number of hydrogen-bond acceptors (Lipinski definition) is 5. The van der Waals surface area contributed by atoms with E-state index in [1.807, 2.05) is 36.4 Å². The van der Waals surface area contributed by atoms with Crippen LogP contribution in [0.25, 0.3) is 0 Å². The molecule has 7 heteroatoms. The number of nitrogens with zero attached hydrogens (tertiary/aromatic N) is 2. The van der Waals surface area contributed by atoms with Gasteiger partial charge in [-0.25, -0.2) is 13.4 Å². The molecule has 0 amide bonds. The van der Waals surface area contributed by atoms with Crippen LogP contribution >= 0.6 is 0 Å². The molecule has 1 N–H and O–H groups in total. The highest BCUT2D eigenvalue weighted by atomic mass is 32.2. The highest BCUT2D eigenvalue weighted by molar-refractivity contribution is 7.92. The lowest BCUT2D eigenvalue weighted by atomic mass is 9.98. The number of fused-ring (bicyclic) bond motifs is 2. The monoisotopic (exact) mass is 447 g/mol. The topological polar surface area (TPSA) is 71.0 Å². The lowest BCUT2D eigenvalue weighted by Crippen LogP contribution is -2.38. The zero-order valence-electron chi connectivity index (χ0n) is 17.9. The average molecular weight is 448 g/mol. The maximum absolute atomic E-state index is 12.9. The van der Waals surface area contributed by atoms with Crippen LogP contribution in [0.2, 0.25) is 0 Å². The van der Waals surface area contributed by atoms with Crippen molar-refractivity contribution >= 4 is 27.2 Å². The summed E-state index contributed by atoms with van der Waals surface area (Å²) in [4.78, 5) is 7.46. The van der Waals surface area contributed by atoms with E-state index in [-0.39, 0.29) is 4.90 Å². The Hall–Kier alpha value is -3.32. The van der Waals surface area contributed by atoms with Gasteiger partial charge in [-0.05, 0) is 61.2 Å². The standard InChI is InChI=1S/C25H25N3O3S/c1-18-13-15-28(16-14-18)25-21-17-19(27-32(29,30)20-7-3-2-4-8-20)11-12-23(21)31-24-10-6-5-9-22(24)26-25/h2-12,17-18,27H,13-16H2,1H3. The molecule has 0 saturated carbocycles. The van der Waals surface area contributed by atoms with Crippen LogP contribution in [0.1, 0.15) is 25.3 Å². The van der Waals surface area contributed by atoms with Crippen LogP contribution in [0.3, 0.4) is 0 Å². The fourth-order valence-corrected chi connectivity index (χ4v) is 5.13. The number of aliphatic imine (C=N–C) groups is 1. The molecule has 0 aromatic heterocycles. The Morgan fingerprint density at radius 3 is 2.44 bits per heavy atom. The van der Waals surface area contributed by atoms with Crippen LogP contribution in [-0.2, 0) is 10.0 Å². The predicted octanol–water partition coefficient (Wildman–Crippen LogP) is 5.40. The summed E-state index contributed by atoms with van der Waals surface area (Å²) in [7, 11) is -3.70. The molecule has 0 unspecified atom stereocenters. The van der Waals surface area contributed by atoms with Gasteiger partial charge in [-0.3, -0.25) is 4.72 Å². The fraction of sp³-hybridized carbons (Fsp3) is 0.240. The number of sulfonamides is 1. The molecule has 0 bridgehead atoms. The molecule has 2 aliphatic rings. The summed E-state index contributed by atoms with van der Waals surface area (Å²) in [5.74, 6) is 2.85. The molecular formula is C25H25N3O3S. The Kier molecular flexibility index (Phi) is 5.35. The Balaban J connectivity index is 1.56. The Labute approximate surface area is 188 Å². The number of nitrogens with one attached hydrogen (secondary N) is 1. The van der Waals surface area contributed by atoms with Gasteiger partial charge in [0.05, 0.1) is 10.5 Å². The number of ether oxygens (including phenoxy) is 1. The van der Waals surface area contributed by atoms with Crippen molar-refractivity contribution in [3.8, 4) is 11.5 Å². The van der Waals surface area contributed by atoms with Crippen LogP contribution in [0.4, 0.5) is 11.4 Å². The van der Waals surface area contributed by atoms with E-state index in [1.54, 1.807) is 36.4 Å². The third kappa shape index (κ3) is 4.08. The molecule has 0 spiro atoms. The van der Waals surface area contributed by atoms with Crippen molar-refractivity contribution in [3.63, 3.8) is 0 Å². The molecule has 0 aliphatic carbocycles. The minimum atomic E-state index is -3.70. The summed E-state index contributed by atoms with van der Waals surface area (Å²) < 4.78 is 34.6. The van der Waals surface area contributed by atoms with E-state index in [9.17, 15) is 8.42 Å². The third-order valence-electron chi connectivity index (χ3n) is 5.92. The number of benzene rings is 3. The van der Waals surface area contributed by atoms with E-state index in [0.29, 0.717) is 23.1 Å². The number of hydrogen-bond donors (Lipinski definition) is 1. The van der Waals surface area contributed by atoms with E-state index in [0.717, 1.165) is 43.0 Å². The van der Waals surface area contributed by atoms with Gasteiger partial charge in [-0.1, -0.05) is 37.3 Å². The van der Waals surface area contributed by atoms with Crippen LogP contribution < -0.4 is 9.46 Å². The largest absolute Gasteiger partial charge is 0.454 e. The lowest BCUT2D eigenvalue weighted by molar-refractivity contribution is 0.281. The Morgan fingerprint density at radius 2 is 1.66 bits per heavy atom. The van der Waals surface area contributed by atoms with Gasteiger partial charge in [0.25, 0.3) is 10.0 Å². The average Bonchev–Trinajstić information content (AvgIpc) is 2.97. The third-order valence-corrected chi connectivity index (χ3v) is 7.32. The van der Waals surface area contributed by atoms with Gasteiger partial charge >= 0.3 is 0 Å². The number of rotatable bonds is 3.